The van der Waals surface area contributed by atoms with Gasteiger partial charge in [0.05, 0.1) is 5.54 Å². The van der Waals surface area contributed by atoms with Crippen molar-refractivity contribution in [2.45, 2.75) is 52.5 Å². The molecule has 3 nitrogen and oxygen atoms in total. The summed E-state index contributed by atoms with van der Waals surface area (Å²) in [7, 11) is 0. The Labute approximate surface area is 87.4 Å². The highest BCUT2D eigenvalue weighted by molar-refractivity contribution is 5.84. The van der Waals surface area contributed by atoms with Gasteiger partial charge in [-0.15, -0.1) is 0 Å². The van der Waals surface area contributed by atoms with Crippen LogP contribution in [0.1, 0.15) is 47.0 Å². The normalized spacial score (nSPS) is 17.4. The van der Waals surface area contributed by atoms with E-state index in [1.807, 2.05) is 13.8 Å². The zero-order valence-electron chi connectivity index (χ0n) is 9.89. The van der Waals surface area contributed by atoms with Gasteiger partial charge in [0, 0.05) is 0 Å². The fourth-order valence-electron chi connectivity index (χ4n) is 1.78. The monoisotopic (exact) mass is 200 g/mol. The lowest BCUT2D eigenvalue weighted by Crippen LogP contribution is -2.55. The molecule has 3 heteroatoms. The van der Waals surface area contributed by atoms with Crippen LogP contribution in [0.15, 0.2) is 0 Å². The number of hydrogen-bond donors (Lipinski definition) is 2. The molecule has 0 aliphatic rings. The maximum absolute atomic E-state index is 11.5. The van der Waals surface area contributed by atoms with Crippen molar-refractivity contribution in [2.24, 2.45) is 11.7 Å². The summed E-state index contributed by atoms with van der Waals surface area (Å²) in [6.07, 6.45) is 2.68. The third-order valence-corrected chi connectivity index (χ3v) is 2.98. The third kappa shape index (κ3) is 3.29. The van der Waals surface area contributed by atoms with Crippen LogP contribution >= 0.6 is 0 Å². The average Bonchev–Trinajstić information content (AvgIpc) is 2.16. The van der Waals surface area contributed by atoms with Crippen LogP contribution in [-0.2, 0) is 4.79 Å². The molecule has 0 saturated carbocycles. The van der Waals surface area contributed by atoms with Gasteiger partial charge in [-0.1, -0.05) is 34.1 Å². The van der Waals surface area contributed by atoms with Crippen LogP contribution in [0.2, 0.25) is 0 Å². The number of nitrogens with one attached hydrogen (secondary N) is 1. The van der Waals surface area contributed by atoms with E-state index < -0.39 is 5.54 Å². The minimum atomic E-state index is -0.496. The Morgan fingerprint density at radius 3 is 2.29 bits per heavy atom. The van der Waals surface area contributed by atoms with Gasteiger partial charge in [-0.2, -0.15) is 0 Å². The van der Waals surface area contributed by atoms with Crippen LogP contribution < -0.4 is 11.1 Å². The minimum absolute atomic E-state index is 0.220. The van der Waals surface area contributed by atoms with Crippen LogP contribution in [0.5, 0.6) is 0 Å². The Kier molecular flexibility index (Phi) is 5.77. The van der Waals surface area contributed by atoms with E-state index in [4.69, 9.17) is 5.73 Å². The van der Waals surface area contributed by atoms with Crippen molar-refractivity contribution >= 4 is 5.91 Å². The predicted molar refractivity (Wildman–Crippen MR) is 60.0 cm³/mol. The van der Waals surface area contributed by atoms with Gasteiger partial charge in [0.2, 0.25) is 5.91 Å². The van der Waals surface area contributed by atoms with Crippen LogP contribution in [0.3, 0.4) is 0 Å². The average molecular weight is 200 g/mol. The Morgan fingerprint density at radius 2 is 2.00 bits per heavy atom. The lowest BCUT2D eigenvalue weighted by Gasteiger charge is -2.32. The highest BCUT2D eigenvalue weighted by Gasteiger charge is 2.34. The summed E-state index contributed by atoms with van der Waals surface area (Å²) in [5, 5.41) is 3.24. The summed E-state index contributed by atoms with van der Waals surface area (Å²) >= 11 is 0. The number of carbonyl (C=O) groups excluding carboxylic acids is 1. The molecule has 14 heavy (non-hydrogen) atoms. The highest BCUT2D eigenvalue weighted by Crippen LogP contribution is 2.22. The van der Waals surface area contributed by atoms with Crippen LogP contribution in [0.25, 0.3) is 0 Å². The second-order valence-electron chi connectivity index (χ2n) is 4.05. The minimum Gasteiger partial charge on any atom is -0.368 e. The quantitative estimate of drug-likeness (QED) is 0.657. The zero-order valence-corrected chi connectivity index (χ0v) is 9.89. The molecule has 0 spiro atoms. The summed E-state index contributed by atoms with van der Waals surface area (Å²) < 4.78 is 0. The molecule has 0 heterocycles. The molecule has 3 N–H and O–H groups in total. The molecule has 0 aliphatic heterocycles. The van der Waals surface area contributed by atoms with Gasteiger partial charge in [0.1, 0.15) is 0 Å². The van der Waals surface area contributed by atoms with E-state index in [0.717, 1.165) is 25.8 Å². The maximum atomic E-state index is 11.5. The van der Waals surface area contributed by atoms with Crippen molar-refractivity contribution in [1.82, 2.24) is 5.32 Å². The largest absolute Gasteiger partial charge is 0.368 e. The van der Waals surface area contributed by atoms with Crippen molar-refractivity contribution in [3.05, 3.63) is 0 Å². The van der Waals surface area contributed by atoms with E-state index in [9.17, 15) is 4.79 Å². The standard InChI is InChI=1S/C11H24N2O/c1-5-9(4)8-11(6-2,10(12)14)13-7-3/h9,13H,5-8H2,1-4H3,(H2,12,14). The van der Waals surface area contributed by atoms with E-state index in [1.54, 1.807) is 0 Å². The van der Waals surface area contributed by atoms with Gasteiger partial charge >= 0.3 is 0 Å². The summed E-state index contributed by atoms with van der Waals surface area (Å²) in [6, 6.07) is 0. The first-order valence-corrected chi connectivity index (χ1v) is 5.57. The number of hydrogen-bond acceptors (Lipinski definition) is 2. The first-order chi connectivity index (χ1) is 6.52. The third-order valence-electron chi connectivity index (χ3n) is 2.98. The van der Waals surface area contributed by atoms with E-state index in [1.165, 1.54) is 0 Å². The van der Waals surface area contributed by atoms with E-state index in [0.29, 0.717) is 5.92 Å². The van der Waals surface area contributed by atoms with Crippen LogP contribution in [-0.4, -0.2) is 18.0 Å². The van der Waals surface area contributed by atoms with Crippen molar-refractivity contribution in [2.75, 3.05) is 6.54 Å². The molecular formula is C11H24N2O. The molecule has 2 atom stereocenters. The number of rotatable bonds is 7. The molecule has 0 rings (SSSR count). The molecule has 0 aromatic rings. The van der Waals surface area contributed by atoms with Gasteiger partial charge in [-0.25, -0.2) is 0 Å². The molecule has 84 valence electrons. The van der Waals surface area contributed by atoms with Gasteiger partial charge in [0.15, 0.2) is 0 Å². The summed E-state index contributed by atoms with van der Waals surface area (Å²) in [6.45, 7) is 9.09. The van der Waals surface area contributed by atoms with Gasteiger partial charge in [0.25, 0.3) is 0 Å². The molecule has 2 unspecified atom stereocenters. The first-order valence-electron chi connectivity index (χ1n) is 5.57. The van der Waals surface area contributed by atoms with Crippen molar-refractivity contribution in [3.8, 4) is 0 Å². The van der Waals surface area contributed by atoms with Gasteiger partial charge in [-0.05, 0) is 25.3 Å². The van der Waals surface area contributed by atoms with E-state index in [2.05, 4.69) is 19.2 Å². The molecule has 0 aliphatic carbocycles. The van der Waals surface area contributed by atoms with Crippen molar-refractivity contribution in [1.29, 1.82) is 0 Å². The Morgan fingerprint density at radius 1 is 1.43 bits per heavy atom. The molecule has 0 aromatic heterocycles. The molecule has 0 bridgehead atoms. The molecular weight excluding hydrogens is 176 g/mol. The van der Waals surface area contributed by atoms with Gasteiger partial charge in [-0.3, -0.25) is 4.79 Å². The fourth-order valence-corrected chi connectivity index (χ4v) is 1.78. The molecule has 0 fully saturated rings. The first kappa shape index (κ1) is 13.4. The highest BCUT2D eigenvalue weighted by atomic mass is 16.1. The van der Waals surface area contributed by atoms with Crippen LogP contribution in [0, 0.1) is 5.92 Å². The number of carbonyl (C=O) groups is 1. The number of likely N-dealkylation sites (N-methyl/N-ethyl adjacent to an activating group) is 1. The smallest absolute Gasteiger partial charge is 0.237 e. The fraction of sp³-hybridized carbons (Fsp3) is 0.909. The topological polar surface area (TPSA) is 55.1 Å². The van der Waals surface area contributed by atoms with E-state index in [-0.39, 0.29) is 5.91 Å². The Hall–Kier alpha value is -0.570. The van der Waals surface area contributed by atoms with E-state index >= 15 is 0 Å². The maximum Gasteiger partial charge on any atom is 0.237 e. The number of nitrogens with two attached hydrogens (primary N) is 1. The number of amides is 1. The molecule has 0 aromatic carbocycles. The summed E-state index contributed by atoms with van der Waals surface area (Å²) in [5.41, 5.74) is 4.97. The molecule has 1 amide bonds. The zero-order chi connectivity index (χ0) is 11.2. The SMILES string of the molecule is CCNC(CC)(CC(C)CC)C(N)=O. The lowest BCUT2D eigenvalue weighted by atomic mass is 9.84. The van der Waals surface area contributed by atoms with Gasteiger partial charge < -0.3 is 11.1 Å². The lowest BCUT2D eigenvalue weighted by molar-refractivity contribution is -0.125. The Bertz CT molecular complexity index is 182. The molecule has 0 radical (unpaired) electrons. The second kappa shape index (κ2) is 6.02. The summed E-state index contributed by atoms with van der Waals surface area (Å²) in [4.78, 5) is 11.5. The van der Waals surface area contributed by atoms with Crippen molar-refractivity contribution in [3.63, 3.8) is 0 Å². The summed E-state index contributed by atoms with van der Waals surface area (Å²) in [5.74, 6) is 0.309. The second-order valence-corrected chi connectivity index (χ2v) is 4.05. The van der Waals surface area contributed by atoms with Crippen molar-refractivity contribution < 1.29 is 4.79 Å². The number of primary amides is 1. The molecule has 0 saturated heterocycles. The Balaban J connectivity index is 4.57. The van der Waals surface area contributed by atoms with Crippen LogP contribution in [0.4, 0.5) is 0 Å². The predicted octanol–water partition coefficient (Wildman–Crippen LogP) is 1.67.